The highest BCUT2D eigenvalue weighted by Gasteiger charge is 2.42. The van der Waals surface area contributed by atoms with Crippen LogP contribution >= 0.6 is 0 Å². The van der Waals surface area contributed by atoms with E-state index in [2.05, 4.69) is 24.5 Å². The molecule has 2 unspecified atom stereocenters. The Kier molecular flexibility index (Phi) is 4.80. The van der Waals surface area contributed by atoms with E-state index in [-0.39, 0.29) is 23.8 Å². The molecule has 2 rings (SSSR count). The fourth-order valence-electron chi connectivity index (χ4n) is 3.04. The van der Waals surface area contributed by atoms with Gasteiger partial charge in [-0.1, -0.05) is 13.8 Å². The lowest BCUT2D eigenvalue weighted by Gasteiger charge is -2.36. The number of likely N-dealkylation sites (tertiary alicyclic amines) is 1. The highest BCUT2D eigenvalue weighted by molar-refractivity contribution is 5.84. The van der Waals surface area contributed by atoms with Crippen molar-refractivity contribution in [2.45, 2.75) is 51.6 Å². The van der Waals surface area contributed by atoms with Crippen LogP contribution in [0, 0.1) is 5.92 Å². The molecule has 0 radical (unpaired) electrons. The molecule has 2 atom stereocenters. The molecule has 2 saturated heterocycles. The molecule has 19 heavy (non-hydrogen) atoms. The zero-order valence-electron chi connectivity index (χ0n) is 11.9. The van der Waals surface area contributed by atoms with Crippen LogP contribution in [0.1, 0.15) is 39.5 Å². The van der Waals surface area contributed by atoms with Gasteiger partial charge in [-0.3, -0.25) is 9.59 Å². The number of rotatable bonds is 5. The second kappa shape index (κ2) is 6.37. The number of carbonyl (C=O) groups excluding carboxylic acids is 2. The predicted molar refractivity (Wildman–Crippen MR) is 73.6 cm³/mol. The molecule has 108 valence electrons. The summed E-state index contributed by atoms with van der Waals surface area (Å²) in [6.07, 6.45) is 3.32. The van der Waals surface area contributed by atoms with Crippen LogP contribution in [0.2, 0.25) is 0 Å². The SMILES string of the molecule is CC(C)NCCCC(=O)N1CCCC2C(=O)NCC21. The number of nitrogens with zero attached hydrogens (tertiary/aromatic N) is 1. The van der Waals surface area contributed by atoms with E-state index in [0.29, 0.717) is 19.0 Å². The Morgan fingerprint density at radius 2 is 2.32 bits per heavy atom. The van der Waals surface area contributed by atoms with Gasteiger partial charge in [0.1, 0.15) is 0 Å². The summed E-state index contributed by atoms with van der Waals surface area (Å²) in [7, 11) is 0. The van der Waals surface area contributed by atoms with Crippen LogP contribution in [-0.4, -0.2) is 48.4 Å². The van der Waals surface area contributed by atoms with Crippen molar-refractivity contribution in [3.8, 4) is 0 Å². The van der Waals surface area contributed by atoms with E-state index in [0.717, 1.165) is 32.4 Å². The van der Waals surface area contributed by atoms with Crippen molar-refractivity contribution in [1.29, 1.82) is 0 Å². The molecule has 2 amide bonds. The van der Waals surface area contributed by atoms with E-state index >= 15 is 0 Å². The minimum Gasteiger partial charge on any atom is -0.354 e. The van der Waals surface area contributed by atoms with Gasteiger partial charge in [-0.15, -0.1) is 0 Å². The average molecular weight is 267 g/mol. The van der Waals surface area contributed by atoms with Crippen molar-refractivity contribution in [3.63, 3.8) is 0 Å². The molecule has 2 aliphatic heterocycles. The van der Waals surface area contributed by atoms with E-state index < -0.39 is 0 Å². The van der Waals surface area contributed by atoms with E-state index in [4.69, 9.17) is 0 Å². The zero-order chi connectivity index (χ0) is 13.8. The van der Waals surface area contributed by atoms with Crippen molar-refractivity contribution in [3.05, 3.63) is 0 Å². The van der Waals surface area contributed by atoms with E-state index in [1.54, 1.807) is 0 Å². The lowest BCUT2D eigenvalue weighted by atomic mass is 9.91. The first-order valence-corrected chi connectivity index (χ1v) is 7.40. The molecule has 0 spiro atoms. The summed E-state index contributed by atoms with van der Waals surface area (Å²) in [6.45, 7) is 6.54. The normalized spacial score (nSPS) is 26.5. The Morgan fingerprint density at radius 3 is 3.05 bits per heavy atom. The molecule has 0 aromatic rings. The Balaban J connectivity index is 1.80. The molecule has 5 heteroatoms. The van der Waals surface area contributed by atoms with Gasteiger partial charge in [0, 0.05) is 25.6 Å². The summed E-state index contributed by atoms with van der Waals surface area (Å²) in [5.41, 5.74) is 0. The third-order valence-corrected chi connectivity index (χ3v) is 4.04. The molecule has 0 aromatic heterocycles. The molecule has 0 aromatic carbocycles. The van der Waals surface area contributed by atoms with Gasteiger partial charge in [0.2, 0.25) is 11.8 Å². The highest BCUT2D eigenvalue weighted by Crippen LogP contribution is 2.27. The number of piperidine rings is 1. The van der Waals surface area contributed by atoms with Gasteiger partial charge < -0.3 is 15.5 Å². The van der Waals surface area contributed by atoms with Crippen molar-refractivity contribution < 1.29 is 9.59 Å². The van der Waals surface area contributed by atoms with Crippen molar-refractivity contribution in [1.82, 2.24) is 15.5 Å². The number of hydrogen-bond acceptors (Lipinski definition) is 3. The smallest absolute Gasteiger partial charge is 0.225 e. The van der Waals surface area contributed by atoms with Crippen LogP contribution in [0.3, 0.4) is 0 Å². The Bertz CT molecular complexity index is 344. The quantitative estimate of drug-likeness (QED) is 0.713. The molecule has 2 fully saturated rings. The minimum absolute atomic E-state index is 0.0338. The summed E-state index contributed by atoms with van der Waals surface area (Å²) in [6, 6.07) is 0.568. The molecule has 2 heterocycles. The number of nitrogens with one attached hydrogen (secondary N) is 2. The van der Waals surface area contributed by atoms with Gasteiger partial charge in [0.15, 0.2) is 0 Å². The first-order chi connectivity index (χ1) is 9.09. The first-order valence-electron chi connectivity index (χ1n) is 7.40. The zero-order valence-corrected chi connectivity index (χ0v) is 11.9. The molecule has 2 aliphatic rings. The van der Waals surface area contributed by atoms with Crippen LogP contribution in [-0.2, 0) is 9.59 Å². The standard InChI is InChI=1S/C14H25N3O2/c1-10(2)15-7-3-6-13(18)17-8-4-5-11-12(17)9-16-14(11)19/h10-12,15H,3-9H2,1-2H3,(H,16,19). The summed E-state index contributed by atoms with van der Waals surface area (Å²) in [5.74, 6) is 0.368. The maximum atomic E-state index is 12.3. The lowest BCUT2D eigenvalue weighted by Crippen LogP contribution is -2.48. The monoisotopic (exact) mass is 267 g/mol. The molecular weight excluding hydrogens is 242 g/mol. The number of hydrogen-bond donors (Lipinski definition) is 2. The summed E-state index contributed by atoms with van der Waals surface area (Å²) in [4.78, 5) is 25.8. The fraction of sp³-hybridized carbons (Fsp3) is 0.857. The number of carbonyl (C=O) groups is 2. The first kappa shape index (κ1) is 14.3. The van der Waals surface area contributed by atoms with E-state index in [1.807, 2.05) is 4.90 Å². The van der Waals surface area contributed by atoms with E-state index in [1.165, 1.54) is 0 Å². The maximum Gasteiger partial charge on any atom is 0.225 e. The van der Waals surface area contributed by atoms with E-state index in [9.17, 15) is 9.59 Å². The van der Waals surface area contributed by atoms with Gasteiger partial charge in [-0.05, 0) is 25.8 Å². The van der Waals surface area contributed by atoms with Crippen molar-refractivity contribution >= 4 is 11.8 Å². The van der Waals surface area contributed by atoms with Gasteiger partial charge in [0.05, 0.1) is 12.0 Å². The highest BCUT2D eigenvalue weighted by atomic mass is 16.2. The fourth-order valence-corrected chi connectivity index (χ4v) is 3.04. The molecule has 0 saturated carbocycles. The van der Waals surface area contributed by atoms with Gasteiger partial charge >= 0.3 is 0 Å². The van der Waals surface area contributed by atoms with Crippen LogP contribution in [0.4, 0.5) is 0 Å². The number of fused-ring (bicyclic) bond motifs is 1. The van der Waals surface area contributed by atoms with Crippen LogP contribution in [0.25, 0.3) is 0 Å². The van der Waals surface area contributed by atoms with Crippen LogP contribution in [0.15, 0.2) is 0 Å². The van der Waals surface area contributed by atoms with Crippen LogP contribution in [0.5, 0.6) is 0 Å². The Morgan fingerprint density at radius 1 is 1.53 bits per heavy atom. The summed E-state index contributed by atoms with van der Waals surface area (Å²) < 4.78 is 0. The van der Waals surface area contributed by atoms with Crippen LogP contribution < -0.4 is 10.6 Å². The molecule has 0 bridgehead atoms. The Hall–Kier alpha value is -1.10. The third kappa shape index (κ3) is 3.47. The third-order valence-electron chi connectivity index (χ3n) is 4.04. The lowest BCUT2D eigenvalue weighted by molar-refractivity contribution is -0.136. The van der Waals surface area contributed by atoms with Gasteiger partial charge in [0.25, 0.3) is 0 Å². The molecule has 5 nitrogen and oxygen atoms in total. The maximum absolute atomic E-state index is 12.3. The number of amides is 2. The van der Waals surface area contributed by atoms with Crippen molar-refractivity contribution in [2.24, 2.45) is 5.92 Å². The minimum atomic E-state index is 0.0338. The van der Waals surface area contributed by atoms with Gasteiger partial charge in [-0.2, -0.15) is 0 Å². The summed E-state index contributed by atoms with van der Waals surface area (Å²) >= 11 is 0. The molecular formula is C14H25N3O2. The van der Waals surface area contributed by atoms with Gasteiger partial charge in [-0.25, -0.2) is 0 Å². The summed E-state index contributed by atoms with van der Waals surface area (Å²) in [5, 5.41) is 6.20. The van der Waals surface area contributed by atoms with Crippen molar-refractivity contribution in [2.75, 3.05) is 19.6 Å². The Labute approximate surface area is 115 Å². The molecule has 2 N–H and O–H groups in total. The predicted octanol–water partition coefficient (Wildman–Crippen LogP) is 0.502. The second-order valence-electron chi connectivity index (χ2n) is 5.86. The largest absolute Gasteiger partial charge is 0.354 e. The topological polar surface area (TPSA) is 61.4 Å². The second-order valence-corrected chi connectivity index (χ2v) is 5.86. The molecule has 0 aliphatic carbocycles. The average Bonchev–Trinajstić information content (AvgIpc) is 2.76.